The minimum absolute atomic E-state index is 0.198. The van der Waals surface area contributed by atoms with Gasteiger partial charge in [0.1, 0.15) is 5.75 Å². The van der Waals surface area contributed by atoms with E-state index < -0.39 is 9.84 Å². The predicted octanol–water partition coefficient (Wildman–Crippen LogP) is 2.66. The van der Waals surface area contributed by atoms with E-state index in [9.17, 15) is 8.42 Å². The molecule has 0 aromatic heterocycles. The Labute approximate surface area is 97.4 Å². The van der Waals surface area contributed by atoms with Crippen molar-refractivity contribution < 1.29 is 13.2 Å². The molecule has 0 bridgehead atoms. The molecule has 0 fully saturated rings. The Bertz CT molecular complexity index is 416. The van der Waals surface area contributed by atoms with Gasteiger partial charge in [0.2, 0.25) is 0 Å². The molecule has 0 atom stereocenters. The molecule has 0 spiro atoms. The maximum atomic E-state index is 11.2. The highest BCUT2D eigenvalue weighted by Gasteiger charge is 2.08. The van der Waals surface area contributed by atoms with Gasteiger partial charge in [-0.25, -0.2) is 8.42 Å². The summed E-state index contributed by atoms with van der Waals surface area (Å²) in [4.78, 5) is 0.324. The quantitative estimate of drug-likeness (QED) is 0.797. The molecule has 4 heteroatoms. The topological polar surface area (TPSA) is 43.4 Å². The molecule has 16 heavy (non-hydrogen) atoms. The van der Waals surface area contributed by atoms with Crippen molar-refractivity contribution in [2.24, 2.45) is 0 Å². The van der Waals surface area contributed by atoms with Gasteiger partial charge in [-0.2, -0.15) is 0 Å². The highest BCUT2D eigenvalue weighted by molar-refractivity contribution is 7.90. The smallest absolute Gasteiger partial charge is 0.175 e. The molecule has 0 amide bonds. The monoisotopic (exact) mass is 242 g/mol. The van der Waals surface area contributed by atoms with E-state index in [1.54, 1.807) is 24.3 Å². The van der Waals surface area contributed by atoms with Gasteiger partial charge in [0.15, 0.2) is 9.84 Å². The summed E-state index contributed by atoms with van der Waals surface area (Å²) in [6.07, 6.45) is 3.29. The van der Waals surface area contributed by atoms with Crippen LogP contribution in [0.15, 0.2) is 29.2 Å². The lowest BCUT2D eigenvalue weighted by Gasteiger charge is -2.15. The zero-order valence-corrected chi connectivity index (χ0v) is 10.8. The maximum absolute atomic E-state index is 11.2. The van der Waals surface area contributed by atoms with Crippen LogP contribution in [0.1, 0.15) is 26.7 Å². The number of sulfone groups is 1. The van der Waals surface area contributed by atoms with Crippen LogP contribution in [0.4, 0.5) is 0 Å². The number of hydrogen-bond acceptors (Lipinski definition) is 3. The SMILES string of the molecule is CCC(CC)Oc1ccc(S(C)(=O)=O)cc1. The first-order valence-corrected chi connectivity index (χ1v) is 7.33. The minimum Gasteiger partial charge on any atom is -0.490 e. The summed E-state index contributed by atoms with van der Waals surface area (Å²) in [5.74, 6) is 0.723. The summed E-state index contributed by atoms with van der Waals surface area (Å²) in [5, 5.41) is 0. The van der Waals surface area contributed by atoms with Crippen LogP contribution in [0.2, 0.25) is 0 Å². The standard InChI is InChI=1S/C12H18O3S/c1-4-10(5-2)15-11-6-8-12(9-7-11)16(3,13)14/h6-10H,4-5H2,1-3H3. The van der Waals surface area contributed by atoms with Crippen molar-refractivity contribution >= 4 is 9.84 Å². The van der Waals surface area contributed by atoms with Crippen molar-refractivity contribution in [3.05, 3.63) is 24.3 Å². The fourth-order valence-corrected chi connectivity index (χ4v) is 2.04. The van der Waals surface area contributed by atoms with Crippen LogP contribution in [-0.2, 0) is 9.84 Å². The minimum atomic E-state index is -3.11. The Morgan fingerprint density at radius 3 is 2.00 bits per heavy atom. The molecule has 0 heterocycles. The van der Waals surface area contributed by atoms with Crippen LogP contribution in [-0.4, -0.2) is 20.8 Å². The molecular weight excluding hydrogens is 224 g/mol. The van der Waals surface area contributed by atoms with E-state index in [1.165, 1.54) is 6.26 Å². The molecular formula is C12H18O3S. The Morgan fingerprint density at radius 1 is 1.12 bits per heavy atom. The molecule has 0 saturated carbocycles. The molecule has 1 aromatic carbocycles. The van der Waals surface area contributed by atoms with Gasteiger partial charge in [0.25, 0.3) is 0 Å². The van der Waals surface area contributed by atoms with Gasteiger partial charge in [0.05, 0.1) is 11.0 Å². The fourth-order valence-electron chi connectivity index (χ4n) is 1.41. The van der Waals surface area contributed by atoms with Gasteiger partial charge in [0, 0.05) is 6.26 Å². The van der Waals surface area contributed by atoms with Crippen molar-refractivity contribution in [3.63, 3.8) is 0 Å². The van der Waals surface area contributed by atoms with E-state index in [-0.39, 0.29) is 6.10 Å². The Balaban J connectivity index is 2.80. The molecule has 1 rings (SSSR count). The van der Waals surface area contributed by atoms with Crippen molar-refractivity contribution in [2.75, 3.05) is 6.26 Å². The molecule has 0 aliphatic carbocycles. The summed E-state index contributed by atoms with van der Waals surface area (Å²) in [6, 6.07) is 6.56. The summed E-state index contributed by atoms with van der Waals surface area (Å²) < 4.78 is 28.2. The third kappa shape index (κ3) is 3.52. The Hall–Kier alpha value is -1.03. The van der Waals surface area contributed by atoms with E-state index in [0.29, 0.717) is 4.90 Å². The van der Waals surface area contributed by atoms with E-state index in [4.69, 9.17) is 4.74 Å². The maximum Gasteiger partial charge on any atom is 0.175 e. The van der Waals surface area contributed by atoms with Crippen LogP contribution in [0, 0.1) is 0 Å². The van der Waals surface area contributed by atoms with Gasteiger partial charge in [-0.15, -0.1) is 0 Å². The number of hydrogen-bond donors (Lipinski definition) is 0. The molecule has 0 aliphatic heterocycles. The zero-order chi connectivity index (χ0) is 12.2. The van der Waals surface area contributed by atoms with Gasteiger partial charge < -0.3 is 4.74 Å². The molecule has 0 N–H and O–H groups in total. The van der Waals surface area contributed by atoms with Crippen LogP contribution in [0.25, 0.3) is 0 Å². The Kier molecular flexibility index (Phi) is 4.35. The van der Waals surface area contributed by atoms with Crippen LogP contribution in [0.3, 0.4) is 0 Å². The van der Waals surface area contributed by atoms with E-state index in [1.807, 2.05) is 0 Å². The summed E-state index contributed by atoms with van der Waals surface area (Å²) in [7, 11) is -3.11. The van der Waals surface area contributed by atoms with Crippen molar-refractivity contribution in [3.8, 4) is 5.75 Å². The summed E-state index contributed by atoms with van der Waals surface area (Å²) in [5.41, 5.74) is 0. The first-order chi connectivity index (χ1) is 7.47. The van der Waals surface area contributed by atoms with E-state index >= 15 is 0 Å². The predicted molar refractivity (Wildman–Crippen MR) is 64.5 cm³/mol. The third-order valence-corrected chi connectivity index (χ3v) is 3.59. The van der Waals surface area contributed by atoms with Gasteiger partial charge in [-0.1, -0.05) is 13.8 Å². The van der Waals surface area contributed by atoms with Gasteiger partial charge in [-0.05, 0) is 37.1 Å². The molecule has 0 unspecified atom stereocenters. The molecule has 0 saturated heterocycles. The highest BCUT2D eigenvalue weighted by atomic mass is 32.2. The average Bonchev–Trinajstić information content (AvgIpc) is 2.25. The van der Waals surface area contributed by atoms with Gasteiger partial charge in [-0.3, -0.25) is 0 Å². The third-order valence-electron chi connectivity index (χ3n) is 2.47. The molecule has 1 aromatic rings. The van der Waals surface area contributed by atoms with Crippen LogP contribution in [0.5, 0.6) is 5.75 Å². The number of rotatable bonds is 5. The second-order valence-corrected chi connectivity index (χ2v) is 5.82. The lowest BCUT2D eigenvalue weighted by Crippen LogP contribution is -2.13. The van der Waals surface area contributed by atoms with Crippen LogP contribution < -0.4 is 4.74 Å². The lowest BCUT2D eigenvalue weighted by atomic mass is 10.2. The summed E-state index contributed by atoms with van der Waals surface area (Å²) >= 11 is 0. The molecule has 90 valence electrons. The van der Waals surface area contributed by atoms with E-state index in [2.05, 4.69) is 13.8 Å². The first-order valence-electron chi connectivity index (χ1n) is 5.44. The second kappa shape index (κ2) is 5.34. The number of benzene rings is 1. The normalized spacial score (nSPS) is 11.8. The number of ether oxygens (including phenoxy) is 1. The lowest BCUT2D eigenvalue weighted by molar-refractivity contribution is 0.193. The fraction of sp³-hybridized carbons (Fsp3) is 0.500. The molecule has 3 nitrogen and oxygen atoms in total. The average molecular weight is 242 g/mol. The Morgan fingerprint density at radius 2 is 1.62 bits per heavy atom. The van der Waals surface area contributed by atoms with Gasteiger partial charge >= 0.3 is 0 Å². The highest BCUT2D eigenvalue weighted by Crippen LogP contribution is 2.18. The summed E-state index contributed by atoms with van der Waals surface area (Å²) in [6.45, 7) is 4.14. The largest absolute Gasteiger partial charge is 0.490 e. The van der Waals surface area contributed by atoms with E-state index in [0.717, 1.165) is 18.6 Å². The molecule has 0 aliphatic rings. The van der Waals surface area contributed by atoms with Crippen LogP contribution >= 0.6 is 0 Å². The second-order valence-electron chi connectivity index (χ2n) is 3.80. The molecule has 0 radical (unpaired) electrons. The van der Waals surface area contributed by atoms with Crippen molar-refractivity contribution in [1.29, 1.82) is 0 Å². The first kappa shape index (κ1) is 13.0. The van der Waals surface area contributed by atoms with Crippen molar-refractivity contribution in [1.82, 2.24) is 0 Å². The van der Waals surface area contributed by atoms with Crippen molar-refractivity contribution in [2.45, 2.75) is 37.7 Å². The zero-order valence-electron chi connectivity index (χ0n) is 9.93.